The van der Waals surface area contributed by atoms with Crippen LogP contribution in [0, 0.1) is 5.82 Å². The number of fused-ring (bicyclic) bond motifs is 1. The Morgan fingerprint density at radius 2 is 1.79 bits per heavy atom. The Labute approximate surface area is 167 Å². The number of benzene rings is 2. The molecule has 0 bridgehead atoms. The van der Waals surface area contributed by atoms with Crippen molar-refractivity contribution in [3.8, 4) is 16.9 Å². The highest BCUT2D eigenvalue weighted by Crippen LogP contribution is 2.40. The highest BCUT2D eigenvalue weighted by Gasteiger charge is 2.32. The summed E-state index contributed by atoms with van der Waals surface area (Å²) < 4.78 is 65.0. The van der Waals surface area contributed by atoms with E-state index in [2.05, 4.69) is 10.3 Å². The van der Waals surface area contributed by atoms with Crippen LogP contribution >= 0.6 is 11.6 Å². The standard InChI is InChI=1S/C18H16ClF4N3O3/c1-8(17(28-2)29-3)26-13-4-9(5-14(27)16(13)24-25-26)15-11(19)6-10(7-12(15)20)18(21,22)23/h4-8,17,27H,1-3H3. The van der Waals surface area contributed by atoms with Gasteiger partial charge < -0.3 is 14.6 Å². The zero-order valence-electron chi connectivity index (χ0n) is 15.5. The van der Waals surface area contributed by atoms with Gasteiger partial charge in [0.25, 0.3) is 0 Å². The average molecular weight is 434 g/mol. The van der Waals surface area contributed by atoms with Gasteiger partial charge in [0.1, 0.15) is 17.6 Å². The fourth-order valence-corrected chi connectivity index (χ4v) is 3.40. The van der Waals surface area contributed by atoms with E-state index in [0.717, 1.165) is 6.07 Å². The maximum absolute atomic E-state index is 14.5. The molecule has 0 radical (unpaired) electrons. The summed E-state index contributed by atoms with van der Waals surface area (Å²) in [6.07, 6.45) is -5.44. The van der Waals surface area contributed by atoms with Crippen molar-refractivity contribution in [2.45, 2.75) is 25.4 Å². The number of hydrogen-bond acceptors (Lipinski definition) is 5. The van der Waals surface area contributed by atoms with Gasteiger partial charge in [0.05, 0.1) is 16.1 Å². The molecule has 0 aliphatic carbocycles. The third kappa shape index (κ3) is 3.87. The van der Waals surface area contributed by atoms with Crippen LogP contribution in [0.3, 0.4) is 0 Å². The molecule has 1 atom stereocenters. The predicted octanol–water partition coefficient (Wildman–Crippen LogP) is 4.80. The molecule has 0 aliphatic rings. The Balaban J connectivity index is 2.18. The zero-order valence-corrected chi connectivity index (χ0v) is 16.2. The van der Waals surface area contributed by atoms with Crippen molar-refractivity contribution in [1.82, 2.24) is 15.0 Å². The first-order valence-electron chi connectivity index (χ1n) is 8.28. The van der Waals surface area contributed by atoms with Crippen LogP contribution in [0.1, 0.15) is 18.5 Å². The van der Waals surface area contributed by atoms with Gasteiger partial charge in [-0.25, -0.2) is 9.07 Å². The van der Waals surface area contributed by atoms with Crippen LogP contribution < -0.4 is 0 Å². The number of alkyl halides is 3. The summed E-state index contributed by atoms with van der Waals surface area (Å²) >= 11 is 5.95. The van der Waals surface area contributed by atoms with Crippen LogP contribution in [0.25, 0.3) is 22.2 Å². The molecular formula is C18H16ClF4N3O3. The van der Waals surface area contributed by atoms with E-state index in [4.69, 9.17) is 21.1 Å². The molecule has 1 aromatic heterocycles. The van der Waals surface area contributed by atoms with Gasteiger partial charge in [-0.1, -0.05) is 16.8 Å². The molecule has 29 heavy (non-hydrogen) atoms. The van der Waals surface area contributed by atoms with E-state index in [0.29, 0.717) is 17.6 Å². The third-order valence-electron chi connectivity index (χ3n) is 4.46. The van der Waals surface area contributed by atoms with Gasteiger partial charge >= 0.3 is 6.18 Å². The van der Waals surface area contributed by atoms with Crippen molar-refractivity contribution in [2.75, 3.05) is 14.2 Å². The van der Waals surface area contributed by atoms with Gasteiger partial charge in [-0.05, 0) is 36.8 Å². The topological polar surface area (TPSA) is 69.4 Å². The average Bonchev–Trinajstić information content (AvgIpc) is 3.06. The molecule has 0 saturated carbocycles. The molecule has 6 nitrogen and oxygen atoms in total. The van der Waals surface area contributed by atoms with Crippen LogP contribution in [0.15, 0.2) is 24.3 Å². The number of hydrogen-bond donors (Lipinski definition) is 1. The number of ether oxygens (including phenoxy) is 2. The highest BCUT2D eigenvalue weighted by molar-refractivity contribution is 6.33. The molecule has 1 unspecified atom stereocenters. The van der Waals surface area contributed by atoms with Gasteiger partial charge in [0.2, 0.25) is 0 Å². The largest absolute Gasteiger partial charge is 0.506 e. The first-order valence-corrected chi connectivity index (χ1v) is 8.66. The molecule has 156 valence electrons. The zero-order chi connectivity index (χ0) is 21.5. The number of halogens is 5. The lowest BCUT2D eigenvalue weighted by molar-refractivity contribution is -0.137. The molecule has 0 fully saturated rings. The van der Waals surface area contributed by atoms with Crippen LogP contribution in [-0.4, -0.2) is 40.6 Å². The minimum absolute atomic E-state index is 0.0633. The second-order valence-corrected chi connectivity index (χ2v) is 6.70. The Hall–Kier alpha value is -2.43. The van der Waals surface area contributed by atoms with Crippen LogP contribution in [0.4, 0.5) is 17.6 Å². The SMILES string of the molecule is COC(OC)C(C)n1nnc2c(O)cc(-c3c(F)cc(C(F)(F)F)cc3Cl)cc21. The summed E-state index contributed by atoms with van der Waals surface area (Å²) in [7, 11) is 2.87. The maximum Gasteiger partial charge on any atom is 0.416 e. The van der Waals surface area contributed by atoms with Crippen molar-refractivity contribution in [3.63, 3.8) is 0 Å². The molecule has 1 N–H and O–H groups in total. The molecule has 0 aliphatic heterocycles. The number of aromatic hydroxyl groups is 1. The van der Waals surface area contributed by atoms with Crippen LogP contribution in [0.2, 0.25) is 5.02 Å². The number of rotatable bonds is 5. The molecule has 3 rings (SSSR count). The van der Waals surface area contributed by atoms with Gasteiger partial charge in [-0.2, -0.15) is 13.2 Å². The summed E-state index contributed by atoms with van der Waals surface area (Å²) in [5.41, 5.74) is -1.02. The van der Waals surface area contributed by atoms with E-state index in [1.54, 1.807) is 6.92 Å². The third-order valence-corrected chi connectivity index (χ3v) is 4.76. The number of phenolic OH excluding ortho intramolecular Hbond substituents is 1. The Morgan fingerprint density at radius 1 is 1.14 bits per heavy atom. The molecular weight excluding hydrogens is 418 g/mol. The van der Waals surface area contributed by atoms with Crippen LogP contribution in [-0.2, 0) is 15.7 Å². The molecule has 3 aromatic rings. The minimum Gasteiger partial charge on any atom is -0.506 e. The lowest BCUT2D eigenvalue weighted by Crippen LogP contribution is -2.26. The van der Waals surface area contributed by atoms with Crippen molar-refractivity contribution >= 4 is 22.6 Å². The summed E-state index contributed by atoms with van der Waals surface area (Å²) in [4.78, 5) is 0. The van der Waals surface area contributed by atoms with E-state index in [1.165, 1.54) is 25.0 Å². The van der Waals surface area contributed by atoms with Crippen molar-refractivity contribution in [2.24, 2.45) is 0 Å². The Kier molecular flexibility index (Phi) is 5.70. The van der Waals surface area contributed by atoms with Crippen molar-refractivity contribution in [3.05, 3.63) is 40.7 Å². The predicted molar refractivity (Wildman–Crippen MR) is 97.1 cm³/mol. The lowest BCUT2D eigenvalue weighted by Gasteiger charge is -2.21. The van der Waals surface area contributed by atoms with Gasteiger partial charge in [0.15, 0.2) is 11.8 Å². The second kappa shape index (κ2) is 7.77. The van der Waals surface area contributed by atoms with Crippen molar-refractivity contribution < 1.29 is 32.1 Å². The Morgan fingerprint density at radius 3 is 2.34 bits per heavy atom. The number of phenols is 1. The summed E-state index contributed by atoms with van der Waals surface area (Å²) in [5.74, 6) is -1.51. The number of nitrogens with zero attached hydrogens (tertiary/aromatic N) is 3. The summed E-state index contributed by atoms with van der Waals surface area (Å²) in [5, 5.41) is 17.7. The van der Waals surface area contributed by atoms with E-state index in [9.17, 15) is 22.7 Å². The fraction of sp³-hybridized carbons (Fsp3) is 0.333. The summed E-state index contributed by atoms with van der Waals surface area (Å²) in [6, 6.07) is 3.08. The monoisotopic (exact) mass is 433 g/mol. The van der Waals surface area contributed by atoms with Gasteiger partial charge in [0, 0.05) is 19.8 Å². The smallest absolute Gasteiger partial charge is 0.416 e. The first-order chi connectivity index (χ1) is 13.6. The van der Waals surface area contributed by atoms with Gasteiger partial charge in [-0.3, -0.25) is 0 Å². The molecule has 0 saturated heterocycles. The molecule has 2 aromatic carbocycles. The van der Waals surface area contributed by atoms with E-state index < -0.39 is 34.9 Å². The Bertz CT molecular complexity index is 1030. The number of aromatic nitrogens is 3. The molecule has 11 heteroatoms. The van der Waals surface area contributed by atoms with E-state index in [1.807, 2.05) is 0 Å². The number of methoxy groups -OCH3 is 2. The quantitative estimate of drug-likeness (QED) is 0.462. The van der Waals surface area contributed by atoms with Crippen molar-refractivity contribution in [1.29, 1.82) is 0 Å². The minimum atomic E-state index is -4.75. The molecule has 0 amide bonds. The van der Waals surface area contributed by atoms with Crippen LogP contribution in [0.5, 0.6) is 5.75 Å². The van der Waals surface area contributed by atoms with E-state index >= 15 is 0 Å². The highest BCUT2D eigenvalue weighted by atomic mass is 35.5. The summed E-state index contributed by atoms with van der Waals surface area (Å²) in [6.45, 7) is 1.72. The molecule has 1 heterocycles. The van der Waals surface area contributed by atoms with Gasteiger partial charge in [-0.15, -0.1) is 5.10 Å². The molecule has 0 spiro atoms. The fourth-order valence-electron chi connectivity index (χ4n) is 3.09. The second-order valence-electron chi connectivity index (χ2n) is 6.29. The van der Waals surface area contributed by atoms with E-state index in [-0.39, 0.29) is 22.4 Å². The normalized spacial score (nSPS) is 13.4. The maximum atomic E-state index is 14.5. The lowest BCUT2D eigenvalue weighted by atomic mass is 10.0. The first kappa shape index (κ1) is 21.3.